The van der Waals surface area contributed by atoms with Crippen molar-refractivity contribution in [2.24, 2.45) is 7.05 Å². The number of carboxylic acid groups (broad SMARTS) is 1. The molecule has 1 saturated heterocycles. The van der Waals surface area contributed by atoms with Gasteiger partial charge in [-0.3, -0.25) is 9.48 Å². The highest BCUT2D eigenvalue weighted by Crippen LogP contribution is 2.33. The van der Waals surface area contributed by atoms with E-state index in [1.807, 2.05) is 13.8 Å². The Morgan fingerprint density at radius 1 is 1.55 bits per heavy atom. The van der Waals surface area contributed by atoms with Gasteiger partial charge in [0.1, 0.15) is 6.61 Å². The van der Waals surface area contributed by atoms with Crippen LogP contribution in [0, 0.1) is 6.92 Å². The molecule has 1 aromatic rings. The normalized spacial score (nSPS) is 23.4. The highest BCUT2D eigenvalue weighted by atomic mass is 16.5. The van der Waals surface area contributed by atoms with E-state index in [0.717, 1.165) is 0 Å². The van der Waals surface area contributed by atoms with Crippen molar-refractivity contribution in [3.63, 3.8) is 0 Å². The number of ether oxygens (including phenoxy) is 1. The van der Waals surface area contributed by atoms with Crippen LogP contribution in [0.1, 0.15) is 31.1 Å². The summed E-state index contributed by atoms with van der Waals surface area (Å²) in [6.45, 7) is 5.32. The van der Waals surface area contributed by atoms with Gasteiger partial charge in [-0.1, -0.05) is 0 Å². The lowest BCUT2D eigenvalue weighted by Crippen LogP contribution is -2.54. The number of carboxylic acids is 1. The van der Waals surface area contributed by atoms with Crippen molar-refractivity contribution in [2.75, 3.05) is 6.61 Å². The van der Waals surface area contributed by atoms with Gasteiger partial charge in [-0.25, -0.2) is 4.79 Å². The number of nitrogens with zero attached hydrogens (tertiary/aromatic N) is 3. The summed E-state index contributed by atoms with van der Waals surface area (Å²) in [4.78, 5) is 25.1. The van der Waals surface area contributed by atoms with Crippen molar-refractivity contribution < 1.29 is 19.4 Å². The van der Waals surface area contributed by atoms with E-state index >= 15 is 0 Å². The minimum atomic E-state index is -1.07. The molecule has 2 heterocycles. The number of hydrogen-bond donors (Lipinski definition) is 1. The fourth-order valence-electron chi connectivity index (χ4n) is 2.66. The van der Waals surface area contributed by atoms with Crippen LogP contribution in [0.15, 0.2) is 6.20 Å². The predicted octanol–water partition coefficient (Wildman–Crippen LogP) is 0.490. The number of hydrogen-bond acceptors (Lipinski definition) is 4. The molecule has 7 nitrogen and oxygen atoms in total. The van der Waals surface area contributed by atoms with Crippen molar-refractivity contribution in [3.8, 4) is 0 Å². The van der Waals surface area contributed by atoms with Gasteiger partial charge >= 0.3 is 5.97 Å². The molecule has 0 aliphatic carbocycles. The highest BCUT2D eigenvalue weighted by molar-refractivity contribution is 5.83. The Balaban J connectivity index is 2.51. The first kappa shape index (κ1) is 14.5. The first-order valence-corrected chi connectivity index (χ1v) is 6.48. The van der Waals surface area contributed by atoms with Crippen molar-refractivity contribution in [1.29, 1.82) is 0 Å². The largest absolute Gasteiger partial charge is 0.479 e. The SMILES string of the molecule is Cc1nn(C)cc1C1C(C(=O)O)OCC(=O)N1C(C)C. The lowest BCUT2D eigenvalue weighted by molar-refractivity contribution is -0.175. The molecule has 110 valence electrons. The van der Waals surface area contributed by atoms with Gasteiger partial charge in [0, 0.05) is 24.8 Å². The Morgan fingerprint density at radius 3 is 2.65 bits per heavy atom. The third-order valence-electron chi connectivity index (χ3n) is 3.43. The summed E-state index contributed by atoms with van der Waals surface area (Å²) < 4.78 is 6.85. The summed E-state index contributed by atoms with van der Waals surface area (Å²) in [7, 11) is 1.76. The molecule has 1 aromatic heterocycles. The fraction of sp³-hybridized carbons (Fsp3) is 0.615. The molecular formula is C13H19N3O4. The van der Waals surface area contributed by atoms with E-state index in [1.54, 1.807) is 29.7 Å². The lowest BCUT2D eigenvalue weighted by Gasteiger charge is -2.41. The zero-order chi connectivity index (χ0) is 15.0. The van der Waals surface area contributed by atoms with Gasteiger partial charge in [0.2, 0.25) is 5.91 Å². The second kappa shape index (κ2) is 5.24. The number of aliphatic carboxylic acids is 1. The number of carbonyl (C=O) groups is 2. The predicted molar refractivity (Wildman–Crippen MR) is 70.0 cm³/mol. The fourth-order valence-corrected chi connectivity index (χ4v) is 2.66. The van der Waals surface area contributed by atoms with E-state index in [1.165, 1.54) is 0 Å². The summed E-state index contributed by atoms with van der Waals surface area (Å²) >= 11 is 0. The van der Waals surface area contributed by atoms with E-state index < -0.39 is 18.1 Å². The molecule has 7 heteroatoms. The Morgan fingerprint density at radius 2 is 2.20 bits per heavy atom. The highest BCUT2D eigenvalue weighted by Gasteiger charge is 2.44. The molecule has 2 rings (SSSR count). The number of aryl methyl sites for hydroxylation is 2. The quantitative estimate of drug-likeness (QED) is 0.871. The maximum absolute atomic E-state index is 12.1. The molecule has 0 spiro atoms. The van der Waals surface area contributed by atoms with E-state index in [2.05, 4.69) is 5.10 Å². The van der Waals surface area contributed by atoms with E-state index in [4.69, 9.17) is 4.74 Å². The van der Waals surface area contributed by atoms with Gasteiger partial charge in [0.15, 0.2) is 6.10 Å². The van der Waals surface area contributed by atoms with E-state index in [9.17, 15) is 14.7 Å². The van der Waals surface area contributed by atoms with Crippen molar-refractivity contribution in [3.05, 3.63) is 17.5 Å². The Kier molecular flexibility index (Phi) is 3.80. The van der Waals surface area contributed by atoms with Crippen LogP contribution in [0.2, 0.25) is 0 Å². The Hall–Kier alpha value is -1.89. The third-order valence-corrected chi connectivity index (χ3v) is 3.43. The van der Waals surface area contributed by atoms with E-state index in [0.29, 0.717) is 11.3 Å². The van der Waals surface area contributed by atoms with Crippen LogP contribution in [-0.4, -0.2) is 50.4 Å². The minimum Gasteiger partial charge on any atom is -0.479 e. The zero-order valence-corrected chi connectivity index (χ0v) is 12.0. The lowest BCUT2D eigenvalue weighted by atomic mass is 9.97. The molecule has 1 aliphatic heterocycles. The van der Waals surface area contributed by atoms with Crippen LogP contribution in [-0.2, 0) is 21.4 Å². The van der Waals surface area contributed by atoms with Gasteiger partial charge in [0.25, 0.3) is 0 Å². The van der Waals surface area contributed by atoms with Crippen molar-refractivity contribution >= 4 is 11.9 Å². The van der Waals surface area contributed by atoms with Gasteiger partial charge in [-0.2, -0.15) is 5.10 Å². The molecule has 2 unspecified atom stereocenters. The van der Waals surface area contributed by atoms with Crippen molar-refractivity contribution in [1.82, 2.24) is 14.7 Å². The molecule has 0 saturated carbocycles. The minimum absolute atomic E-state index is 0.113. The molecular weight excluding hydrogens is 262 g/mol. The van der Waals surface area contributed by atoms with Gasteiger partial charge < -0.3 is 14.7 Å². The summed E-state index contributed by atoms with van der Waals surface area (Å²) in [5.41, 5.74) is 1.41. The second-order valence-electron chi connectivity index (χ2n) is 5.25. The number of rotatable bonds is 3. The first-order valence-electron chi connectivity index (χ1n) is 6.48. The maximum Gasteiger partial charge on any atom is 0.335 e. The van der Waals surface area contributed by atoms with Crippen LogP contribution >= 0.6 is 0 Å². The zero-order valence-electron chi connectivity index (χ0n) is 12.0. The second-order valence-corrected chi connectivity index (χ2v) is 5.25. The van der Waals surface area contributed by atoms with Crippen LogP contribution < -0.4 is 0 Å². The van der Waals surface area contributed by atoms with Crippen molar-refractivity contribution in [2.45, 2.75) is 39.0 Å². The molecule has 2 atom stereocenters. The number of morpholine rings is 1. The summed E-state index contributed by atoms with van der Waals surface area (Å²) in [5, 5.41) is 13.6. The smallest absolute Gasteiger partial charge is 0.335 e. The number of aromatic nitrogens is 2. The standard InChI is InChI=1S/C13H19N3O4/c1-7(2)16-10(17)6-20-12(13(18)19)11(16)9-5-15(4)14-8(9)3/h5,7,11-12H,6H2,1-4H3,(H,18,19). The molecule has 0 bridgehead atoms. The Bertz CT molecular complexity index is 538. The number of carbonyl (C=O) groups excluding carboxylic acids is 1. The maximum atomic E-state index is 12.1. The van der Waals surface area contributed by atoms with Crippen LogP contribution in [0.3, 0.4) is 0 Å². The molecule has 1 amide bonds. The third kappa shape index (κ3) is 2.40. The number of amides is 1. The first-order chi connectivity index (χ1) is 9.32. The molecule has 1 N–H and O–H groups in total. The van der Waals surface area contributed by atoms with Gasteiger partial charge in [-0.15, -0.1) is 0 Å². The molecule has 1 fully saturated rings. The van der Waals surface area contributed by atoms with Crippen LogP contribution in [0.5, 0.6) is 0 Å². The van der Waals surface area contributed by atoms with E-state index in [-0.39, 0.29) is 18.6 Å². The molecule has 1 aliphatic rings. The molecule has 0 radical (unpaired) electrons. The summed E-state index contributed by atoms with van der Waals surface area (Å²) in [6.07, 6.45) is 0.672. The average molecular weight is 281 g/mol. The Labute approximate surface area is 117 Å². The summed E-state index contributed by atoms with van der Waals surface area (Å²) in [5.74, 6) is -1.28. The van der Waals surface area contributed by atoms with Crippen LogP contribution in [0.4, 0.5) is 0 Å². The molecule has 20 heavy (non-hydrogen) atoms. The average Bonchev–Trinajstić information content (AvgIpc) is 2.66. The summed E-state index contributed by atoms with van der Waals surface area (Å²) in [6, 6.07) is -0.764. The van der Waals surface area contributed by atoms with Crippen LogP contribution in [0.25, 0.3) is 0 Å². The topological polar surface area (TPSA) is 84.7 Å². The monoisotopic (exact) mass is 281 g/mol. The van der Waals surface area contributed by atoms with Gasteiger partial charge in [0.05, 0.1) is 11.7 Å². The molecule has 0 aromatic carbocycles. The van der Waals surface area contributed by atoms with Gasteiger partial charge in [-0.05, 0) is 20.8 Å².